The first-order chi connectivity index (χ1) is 6.30. The first kappa shape index (κ1) is 8.02. The minimum absolute atomic E-state index is 0.420. The van der Waals surface area contributed by atoms with E-state index >= 15 is 0 Å². The number of rotatable bonds is 1. The summed E-state index contributed by atoms with van der Waals surface area (Å²) in [7, 11) is 0. The molecular weight excluding hydrogens is 158 g/mol. The van der Waals surface area contributed by atoms with E-state index in [-0.39, 0.29) is 0 Å². The molecule has 0 aromatic heterocycles. The predicted molar refractivity (Wildman–Crippen MR) is 55.1 cm³/mol. The first-order valence-corrected chi connectivity index (χ1v) is 5.79. The van der Waals surface area contributed by atoms with E-state index in [2.05, 4.69) is 6.92 Å². The van der Waals surface area contributed by atoms with Crippen molar-refractivity contribution in [2.75, 3.05) is 0 Å². The SMILES string of the molecule is CC=NC12CC3CC(CC(C3)C1)C2. The minimum atomic E-state index is 0.420. The smallest absolute Gasteiger partial charge is 0.0612 e. The van der Waals surface area contributed by atoms with Crippen molar-refractivity contribution < 1.29 is 0 Å². The molecule has 0 amide bonds. The van der Waals surface area contributed by atoms with Gasteiger partial charge in [0.15, 0.2) is 0 Å². The zero-order valence-electron chi connectivity index (χ0n) is 8.50. The third kappa shape index (κ3) is 1.16. The van der Waals surface area contributed by atoms with E-state index in [1.807, 2.05) is 6.21 Å². The summed E-state index contributed by atoms with van der Waals surface area (Å²) in [4.78, 5) is 4.79. The van der Waals surface area contributed by atoms with Gasteiger partial charge in [-0.05, 0) is 69.4 Å². The Hall–Kier alpha value is -0.330. The summed E-state index contributed by atoms with van der Waals surface area (Å²) < 4.78 is 0. The molecule has 0 spiro atoms. The van der Waals surface area contributed by atoms with Gasteiger partial charge in [0.2, 0.25) is 0 Å². The summed E-state index contributed by atoms with van der Waals surface area (Å²) in [5.74, 6) is 3.11. The van der Waals surface area contributed by atoms with E-state index < -0.39 is 0 Å². The van der Waals surface area contributed by atoms with E-state index in [0.29, 0.717) is 5.54 Å². The van der Waals surface area contributed by atoms with Gasteiger partial charge in [-0.2, -0.15) is 0 Å². The molecule has 0 N–H and O–H groups in total. The van der Waals surface area contributed by atoms with Crippen molar-refractivity contribution in [3.8, 4) is 0 Å². The molecule has 4 rings (SSSR count). The highest BCUT2D eigenvalue weighted by atomic mass is 14.9. The van der Waals surface area contributed by atoms with Gasteiger partial charge in [0, 0.05) is 0 Å². The van der Waals surface area contributed by atoms with Crippen LogP contribution in [-0.2, 0) is 0 Å². The van der Waals surface area contributed by atoms with E-state index in [1.165, 1.54) is 38.5 Å². The third-order valence-corrected chi connectivity index (χ3v) is 4.41. The maximum Gasteiger partial charge on any atom is 0.0612 e. The summed E-state index contributed by atoms with van der Waals surface area (Å²) in [6, 6.07) is 0. The fourth-order valence-electron chi connectivity index (χ4n) is 4.50. The van der Waals surface area contributed by atoms with Gasteiger partial charge in [-0.15, -0.1) is 0 Å². The number of nitrogens with zero attached hydrogens (tertiary/aromatic N) is 1. The van der Waals surface area contributed by atoms with Crippen LogP contribution in [0, 0.1) is 17.8 Å². The Balaban J connectivity index is 1.91. The predicted octanol–water partition coefficient (Wildman–Crippen LogP) is 3.05. The molecule has 1 nitrogen and oxygen atoms in total. The molecule has 0 unspecified atom stereocenters. The van der Waals surface area contributed by atoms with Gasteiger partial charge >= 0.3 is 0 Å². The molecule has 0 aliphatic heterocycles. The lowest BCUT2D eigenvalue weighted by Gasteiger charge is -2.54. The van der Waals surface area contributed by atoms with Crippen LogP contribution in [-0.4, -0.2) is 11.8 Å². The monoisotopic (exact) mass is 177 g/mol. The highest BCUT2D eigenvalue weighted by Gasteiger charge is 2.50. The van der Waals surface area contributed by atoms with Crippen LogP contribution in [0.2, 0.25) is 0 Å². The Labute approximate surface area is 80.6 Å². The van der Waals surface area contributed by atoms with E-state index in [9.17, 15) is 0 Å². The first-order valence-electron chi connectivity index (χ1n) is 5.79. The summed E-state index contributed by atoms with van der Waals surface area (Å²) in [5, 5.41) is 0. The van der Waals surface area contributed by atoms with Crippen molar-refractivity contribution in [1.82, 2.24) is 0 Å². The largest absolute Gasteiger partial charge is 0.291 e. The van der Waals surface area contributed by atoms with Crippen molar-refractivity contribution in [2.45, 2.75) is 51.0 Å². The van der Waals surface area contributed by atoms with E-state index in [4.69, 9.17) is 4.99 Å². The van der Waals surface area contributed by atoms with Crippen LogP contribution in [0.3, 0.4) is 0 Å². The maximum absolute atomic E-state index is 4.79. The molecule has 1 heteroatoms. The van der Waals surface area contributed by atoms with Crippen LogP contribution in [0.5, 0.6) is 0 Å². The molecule has 0 radical (unpaired) electrons. The molecule has 4 aliphatic rings. The average Bonchev–Trinajstić information content (AvgIpc) is 2.00. The molecule has 13 heavy (non-hydrogen) atoms. The van der Waals surface area contributed by atoms with E-state index in [1.54, 1.807) is 0 Å². The number of aliphatic imine (C=N–C) groups is 1. The molecule has 0 aromatic carbocycles. The molecule has 4 aliphatic carbocycles. The average molecular weight is 177 g/mol. The van der Waals surface area contributed by atoms with Gasteiger partial charge in [0.1, 0.15) is 0 Å². The minimum Gasteiger partial charge on any atom is -0.291 e. The molecule has 0 aromatic rings. The zero-order valence-corrected chi connectivity index (χ0v) is 8.50. The van der Waals surface area contributed by atoms with Crippen molar-refractivity contribution in [2.24, 2.45) is 22.7 Å². The maximum atomic E-state index is 4.79. The second-order valence-electron chi connectivity index (χ2n) is 5.53. The van der Waals surface area contributed by atoms with Crippen LogP contribution in [0.15, 0.2) is 4.99 Å². The van der Waals surface area contributed by atoms with Crippen LogP contribution in [0.4, 0.5) is 0 Å². The lowest BCUT2D eigenvalue weighted by Crippen LogP contribution is -2.49. The number of hydrogen-bond donors (Lipinski definition) is 0. The fourth-order valence-corrected chi connectivity index (χ4v) is 4.50. The number of hydrogen-bond acceptors (Lipinski definition) is 1. The zero-order chi connectivity index (χ0) is 8.89. The van der Waals surface area contributed by atoms with Crippen LogP contribution < -0.4 is 0 Å². The van der Waals surface area contributed by atoms with E-state index in [0.717, 1.165) is 17.8 Å². The summed E-state index contributed by atoms with van der Waals surface area (Å²) in [6.45, 7) is 2.08. The highest BCUT2D eigenvalue weighted by Crippen LogP contribution is 2.57. The summed E-state index contributed by atoms with van der Waals surface area (Å²) >= 11 is 0. The van der Waals surface area contributed by atoms with Crippen LogP contribution in [0.25, 0.3) is 0 Å². The fraction of sp³-hybridized carbons (Fsp3) is 0.917. The molecule has 0 saturated heterocycles. The Morgan fingerprint density at radius 2 is 1.46 bits per heavy atom. The summed E-state index contributed by atoms with van der Waals surface area (Å²) in [5.41, 5.74) is 0.420. The lowest BCUT2D eigenvalue weighted by atomic mass is 9.53. The Kier molecular flexibility index (Phi) is 1.59. The topological polar surface area (TPSA) is 12.4 Å². The molecule has 4 bridgehead atoms. The molecule has 4 saturated carbocycles. The standard InChI is InChI=1S/C12H19N/c1-2-13-12-6-9-3-10(7-12)5-11(4-9)8-12/h2,9-11H,3-8H2,1H3. The third-order valence-electron chi connectivity index (χ3n) is 4.41. The molecular formula is C12H19N. The van der Waals surface area contributed by atoms with Gasteiger partial charge < -0.3 is 0 Å². The second-order valence-corrected chi connectivity index (χ2v) is 5.53. The van der Waals surface area contributed by atoms with Crippen molar-refractivity contribution in [3.63, 3.8) is 0 Å². The van der Waals surface area contributed by atoms with Gasteiger partial charge in [0.05, 0.1) is 5.54 Å². The Morgan fingerprint density at radius 1 is 1.00 bits per heavy atom. The highest BCUT2D eigenvalue weighted by molar-refractivity contribution is 5.54. The molecule has 4 fully saturated rings. The summed E-state index contributed by atoms with van der Waals surface area (Å²) in [6.07, 6.45) is 10.8. The van der Waals surface area contributed by atoms with Gasteiger partial charge in [-0.1, -0.05) is 0 Å². The molecule has 72 valence electrons. The van der Waals surface area contributed by atoms with Gasteiger partial charge in [-0.3, -0.25) is 4.99 Å². The van der Waals surface area contributed by atoms with Crippen molar-refractivity contribution in [3.05, 3.63) is 0 Å². The van der Waals surface area contributed by atoms with Gasteiger partial charge in [0.25, 0.3) is 0 Å². The second kappa shape index (κ2) is 2.59. The molecule has 0 atom stereocenters. The molecule has 0 heterocycles. The normalized spacial score (nSPS) is 53.5. The van der Waals surface area contributed by atoms with Crippen LogP contribution >= 0.6 is 0 Å². The van der Waals surface area contributed by atoms with Crippen molar-refractivity contribution >= 4 is 6.21 Å². The quantitative estimate of drug-likeness (QED) is 0.546. The van der Waals surface area contributed by atoms with Crippen molar-refractivity contribution in [1.29, 1.82) is 0 Å². The Bertz CT molecular complexity index is 206. The van der Waals surface area contributed by atoms with Gasteiger partial charge in [-0.25, -0.2) is 0 Å². The Morgan fingerprint density at radius 3 is 1.85 bits per heavy atom. The van der Waals surface area contributed by atoms with Crippen LogP contribution in [0.1, 0.15) is 45.4 Å². The lowest BCUT2D eigenvalue weighted by molar-refractivity contribution is 0.00191.